The zero-order chi connectivity index (χ0) is 21.0. The predicted molar refractivity (Wildman–Crippen MR) is 99.1 cm³/mol. The van der Waals surface area contributed by atoms with E-state index in [9.17, 15) is 18.0 Å². The number of halogens is 3. The largest absolute Gasteiger partial charge is 0.573 e. The van der Waals surface area contributed by atoms with Gasteiger partial charge in [0.1, 0.15) is 11.5 Å². The molecule has 0 aliphatic carbocycles. The molecule has 152 valence electrons. The molecule has 6 nitrogen and oxygen atoms in total. The van der Waals surface area contributed by atoms with Crippen molar-refractivity contribution in [3.63, 3.8) is 0 Å². The van der Waals surface area contributed by atoms with E-state index in [4.69, 9.17) is 4.74 Å². The molecule has 0 saturated heterocycles. The third-order valence-corrected chi connectivity index (χ3v) is 4.02. The number of benzene rings is 2. The maximum absolute atomic E-state index is 12.5. The Bertz CT molecular complexity index is 1020. The molecule has 0 radical (unpaired) electrons. The van der Waals surface area contributed by atoms with Crippen LogP contribution in [0.4, 0.5) is 13.2 Å². The first kappa shape index (κ1) is 20.2. The summed E-state index contributed by atoms with van der Waals surface area (Å²) in [6, 6.07) is 10.4. The van der Waals surface area contributed by atoms with Gasteiger partial charge in [-0.15, -0.1) is 13.2 Å². The Morgan fingerprint density at radius 2 is 2.00 bits per heavy atom. The fourth-order valence-electron chi connectivity index (χ4n) is 2.72. The minimum atomic E-state index is -4.77. The van der Waals surface area contributed by atoms with E-state index in [1.54, 1.807) is 35.2 Å². The van der Waals surface area contributed by atoms with Crippen molar-refractivity contribution in [1.82, 2.24) is 14.9 Å². The number of amides is 1. The molecule has 0 bridgehead atoms. The second kappa shape index (κ2) is 8.26. The molecule has 0 saturated carbocycles. The Morgan fingerprint density at radius 1 is 1.21 bits per heavy atom. The maximum Gasteiger partial charge on any atom is 0.573 e. The minimum absolute atomic E-state index is 0.0403. The molecule has 1 amide bonds. The Morgan fingerprint density at radius 3 is 2.66 bits per heavy atom. The maximum atomic E-state index is 12.5. The molecule has 0 fully saturated rings. The third-order valence-electron chi connectivity index (χ3n) is 4.02. The zero-order valence-corrected chi connectivity index (χ0v) is 15.7. The number of carbonyl (C=O) groups is 1. The quantitative estimate of drug-likeness (QED) is 0.673. The van der Waals surface area contributed by atoms with Gasteiger partial charge in [0, 0.05) is 18.3 Å². The first-order valence-electron chi connectivity index (χ1n) is 8.57. The highest BCUT2D eigenvalue weighted by atomic mass is 19.4. The number of alkyl halides is 3. The van der Waals surface area contributed by atoms with Gasteiger partial charge >= 0.3 is 6.36 Å². The molecule has 0 atom stereocenters. The van der Waals surface area contributed by atoms with Gasteiger partial charge in [0.25, 0.3) is 5.91 Å². The molecular formula is C20H18F3N3O3. The lowest BCUT2D eigenvalue weighted by molar-refractivity contribution is -0.274. The highest BCUT2D eigenvalue weighted by Gasteiger charge is 2.31. The highest BCUT2D eigenvalue weighted by Crippen LogP contribution is 2.25. The molecule has 29 heavy (non-hydrogen) atoms. The van der Waals surface area contributed by atoms with Crippen LogP contribution in [0.15, 0.2) is 55.0 Å². The average Bonchev–Trinajstić information content (AvgIpc) is 3.10. The number of carbonyl (C=O) groups excluding carboxylic acids is 1. The van der Waals surface area contributed by atoms with E-state index in [-0.39, 0.29) is 18.2 Å². The van der Waals surface area contributed by atoms with Crippen molar-refractivity contribution in [2.24, 2.45) is 0 Å². The molecule has 0 aliphatic heterocycles. The van der Waals surface area contributed by atoms with E-state index in [0.29, 0.717) is 16.9 Å². The van der Waals surface area contributed by atoms with Gasteiger partial charge < -0.3 is 19.4 Å². The summed E-state index contributed by atoms with van der Waals surface area (Å²) >= 11 is 0. The van der Waals surface area contributed by atoms with Crippen LogP contribution < -0.4 is 14.8 Å². The summed E-state index contributed by atoms with van der Waals surface area (Å²) in [5, 5.41) is 2.67. The summed E-state index contributed by atoms with van der Waals surface area (Å²) in [7, 11) is 1.50. The van der Waals surface area contributed by atoms with Crippen molar-refractivity contribution in [1.29, 1.82) is 0 Å². The molecule has 1 heterocycles. The fourth-order valence-corrected chi connectivity index (χ4v) is 2.72. The molecule has 2 aromatic carbocycles. The van der Waals surface area contributed by atoms with Crippen molar-refractivity contribution in [2.75, 3.05) is 7.11 Å². The molecule has 1 N–H and O–H groups in total. The van der Waals surface area contributed by atoms with Crippen molar-refractivity contribution in [3.8, 4) is 17.2 Å². The monoisotopic (exact) mass is 405 g/mol. The van der Waals surface area contributed by atoms with Crippen LogP contribution in [0.1, 0.15) is 21.6 Å². The number of methoxy groups -OCH3 is 1. The van der Waals surface area contributed by atoms with Gasteiger partial charge in [-0.2, -0.15) is 0 Å². The van der Waals surface area contributed by atoms with Crippen molar-refractivity contribution >= 4 is 5.91 Å². The Kier molecular flexibility index (Phi) is 5.76. The van der Waals surface area contributed by atoms with Gasteiger partial charge in [-0.25, -0.2) is 4.98 Å². The molecule has 0 aliphatic rings. The topological polar surface area (TPSA) is 65.4 Å². The summed E-state index contributed by atoms with van der Waals surface area (Å²) in [4.78, 5) is 16.6. The first-order valence-corrected chi connectivity index (χ1v) is 8.57. The minimum Gasteiger partial charge on any atom is -0.495 e. The number of hydrogen-bond acceptors (Lipinski definition) is 4. The Labute approximate surface area is 164 Å². The molecule has 9 heteroatoms. The second-order valence-electron chi connectivity index (χ2n) is 6.19. The second-order valence-corrected chi connectivity index (χ2v) is 6.19. The molecule has 3 rings (SSSR count). The summed E-state index contributed by atoms with van der Waals surface area (Å²) in [6.45, 7) is 1.90. The van der Waals surface area contributed by atoms with Crippen LogP contribution in [0.3, 0.4) is 0 Å². The van der Waals surface area contributed by atoms with Crippen LogP contribution in [-0.4, -0.2) is 28.9 Å². The van der Waals surface area contributed by atoms with Gasteiger partial charge in [-0.05, 0) is 42.8 Å². The first-order chi connectivity index (χ1) is 13.7. The SMILES string of the molecule is COc1cc(C(=O)NCc2cccc(OC(F)(F)F)c2)ccc1-n1cnc(C)c1. The summed E-state index contributed by atoms with van der Waals surface area (Å²) in [5.74, 6) is -0.250. The summed E-state index contributed by atoms with van der Waals surface area (Å²) in [6.07, 6.45) is -1.30. The smallest absolute Gasteiger partial charge is 0.495 e. The van der Waals surface area contributed by atoms with Gasteiger partial charge in [0.15, 0.2) is 0 Å². The van der Waals surface area contributed by atoms with E-state index >= 15 is 0 Å². The van der Waals surface area contributed by atoms with Gasteiger partial charge in [0.05, 0.1) is 24.8 Å². The zero-order valence-electron chi connectivity index (χ0n) is 15.7. The van der Waals surface area contributed by atoms with Crippen molar-refractivity contribution in [2.45, 2.75) is 19.8 Å². The van der Waals surface area contributed by atoms with E-state index < -0.39 is 6.36 Å². The van der Waals surface area contributed by atoms with E-state index in [2.05, 4.69) is 15.0 Å². The van der Waals surface area contributed by atoms with Crippen LogP contribution in [0, 0.1) is 6.92 Å². The number of aromatic nitrogens is 2. The normalized spacial score (nSPS) is 11.2. The lowest BCUT2D eigenvalue weighted by Crippen LogP contribution is -2.23. The number of hydrogen-bond donors (Lipinski definition) is 1. The highest BCUT2D eigenvalue weighted by molar-refractivity contribution is 5.95. The molecule has 1 aromatic heterocycles. The van der Waals surface area contributed by atoms with Crippen molar-refractivity contribution in [3.05, 3.63) is 71.8 Å². The summed E-state index contributed by atoms with van der Waals surface area (Å²) in [5.41, 5.74) is 2.38. The number of imidazole rings is 1. The number of rotatable bonds is 6. The number of ether oxygens (including phenoxy) is 2. The van der Waals surface area contributed by atoms with E-state index in [1.165, 1.54) is 25.3 Å². The Hall–Kier alpha value is -3.49. The number of aryl methyl sites for hydroxylation is 1. The Balaban J connectivity index is 1.70. The van der Waals surface area contributed by atoms with E-state index in [0.717, 1.165) is 11.4 Å². The number of nitrogens with zero attached hydrogens (tertiary/aromatic N) is 2. The van der Waals surface area contributed by atoms with Crippen molar-refractivity contribution < 1.29 is 27.4 Å². The third kappa shape index (κ3) is 5.28. The van der Waals surface area contributed by atoms with Crippen LogP contribution in [-0.2, 0) is 6.54 Å². The fraction of sp³-hybridized carbons (Fsp3) is 0.200. The molecule has 0 unspecified atom stereocenters. The van der Waals surface area contributed by atoms with Gasteiger partial charge in [0.2, 0.25) is 0 Å². The molecule has 0 spiro atoms. The van der Waals surface area contributed by atoms with Crippen LogP contribution in [0.5, 0.6) is 11.5 Å². The summed E-state index contributed by atoms with van der Waals surface area (Å²) < 4.78 is 48.0. The molecular weight excluding hydrogens is 387 g/mol. The lowest BCUT2D eigenvalue weighted by atomic mass is 10.1. The van der Waals surface area contributed by atoms with Crippen LogP contribution in [0.2, 0.25) is 0 Å². The van der Waals surface area contributed by atoms with Gasteiger partial charge in [-0.1, -0.05) is 12.1 Å². The average molecular weight is 405 g/mol. The van der Waals surface area contributed by atoms with Crippen LogP contribution in [0.25, 0.3) is 5.69 Å². The predicted octanol–water partition coefficient (Wildman–Crippen LogP) is 4.02. The van der Waals surface area contributed by atoms with Gasteiger partial charge in [-0.3, -0.25) is 4.79 Å². The van der Waals surface area contributed by atoms with Crippen LogP contribution >= 0.6 is 0 Å². The lowest BCUT2D eigenvalue weighted by Gasteiger charge is -2.12. The molecule has 3 aromatic rings. The number of nitrogens with one attached hydrogen (secondary N) is 1. The van der Waals surface area contributed by atoms with E-state index in [1.807, 2.05) is 13.1 Å². The standard InChI is InChI=1S/C20H18F3N3O3/c1-13-11-26(12-25-13)17-7-6-15(9-18(17)28-2)19(27)24-10-14-4-3-5-16(8-14)29-20(21,22)23/h3-9,11-12H,10H2,1-2H3,(H,24,27).